The first kappa shape index (κ1) is 21.6. The van der Waals surface area contributed by atoms with Crippen LogP contribution in [-0.2, 0) is 6.42 Å². The molecule has 2 aromatic carbocycles. The van der Waals surface area contributed by atoms with Crippen LogP contribution in [0.3, 0.4) is 0 Å². The van der Waals surface area contributed by atoms with Gasteiger partial charge in [-0.15, -0.1) is 0 Å². The second-order valence-corrected chi connectivity index (χ2v) is 8.96. The van der Waals surface area contributed by atoms with Crippen molar-refractivity contribution >= 4 is 0 Å². The Kier molecular flexibility index (Phi) is 5.62. The minimum absolute atomic E-state index is 0.0191. The maximum absolute atomic E-state index is 10.4. The second kappa shape index (κ2) is 8.60. The molecule has 5 rings (SSSR count). The molecule has 1 fully saturated rings. The number of hydrogen-bond acceptors (Lipinski definition) is 7. The van der Waals surface area contributed by atoms with Gasteiger partial charge in [0.05, 0.1) is 18.3 Å². The molecule has 3 aromatic rings. The van der Waals surface area contributed by atoms with Crippen LogP contribution in [0.1, 0.15) is 43.0 Å². The van der Waals surface area contributed by atoms with Gasteiger partial charge in [0.2, 0.25) is 0 Å². The van der Waals surface area contributed by atoms with E-state index in [-0.39, 0.29) is 18.8 Å². The number of β-amino-alcohol motifs (C(OH)–C–C–N with tert-alkyl or cyclic N) is 1. The number of likely N-dealkylation sites (tertiary alicyclic amines) is 1. The summed E-state index contributed by atoms with van der Waals surface area (Å²) in [6, 6.07) is 13.9. The van der Waals surface area contributed by atoms with Gasteiger partial charge in [-0.25, -0.2) is 4.98 Å². The highest BCUT2D eigenvalue weighted by Crippen LogP contribution is 2.50. The Bertz CT molecular complexity index is 1210. The van der Waals surface area contributed by atoms with Gasteiger partial charge >= 0.3 is 0 Å². The number of aliphatic hydroxyl groups excluding tert-OH is 2. The lowest BCUT2D eigenvalue weighted by atomic mass is 10.0. The molecule has 0 radical (unpaired) electrons. The maximum atomic E-state index is 10.4. The van der Waals surface area contributed by atoms with Crippen molar-refractivity contribution in [1.82, 2.24) is 20.1 Å². The first-order valence-corrected chi connectivity index (χ1v) is 11.3. The van der Waals surface area contributed by atoms with Gasteiger partial charge in [-0.2, -0.15) is 10.4 Å². The number of H-pyrrole nitrogens is 1. The largest absolute Gasteiger partial charge is 0.490 e. The molecule has 3 N–H and O–H groups in total. The monoisotopic (exact) mass is 445 g/mol. The van der Waals surface area contributed by atoms with E-state index in [0.717, 1.165) is 17.5 Å². The van der Waals surface area contributed by atoms with Crippen LogP contribution in [0.25, 0.3) is 22.8 Å². The van der Waals surface area contributed by atoms with Gasteiger partial charge < -0.3 is 14.9 Å². The van der Waals surface area contributed by atoms with Gasteiger partial charge in [0.15, 0.2) is 11.6 Å². The first-order chi connectivity index (χ1) is 16.0. The average molecular weight is 446 g/mol. The quantitative estimate of drug-likeness (QED) is 0.534. The van der Waals surface area contributed by atoms with Crippen LogP contribution >= 0.6 is 0 Å². The highest BCUT2D eigenvalue weighted by Gasteiger charge is 2.46. The van der Waals surface area contributed by atoms with E-state index in [2.05, 4.69) is 22.3 Å². The summed E-state index contributed by atoms with van der Waals surface area (Å²) in [6.07, 6.45) is 1.00. The highest BCUT2D eigenvalue weighted by atomic mass is 16.5. The summed E-state index contributed by atoms with van der Waals surface area (Å²) in [7, 11) is 0. The van der Waals surface area contributed by atoms with Gasteiger partial charge in [0.25, 0.3) is 0 Å². The Labute approximate surface area is 192 Å². The van der Waals surface area contributed by atoms with E-state index in [0.29, 0.717) is 41.8 Å². The molecular weight excluding hydrogens is 418 g/mol. The van der Waals surface area contributed by atoms with E-state index in [1.807, 2.05) is 36.9 Å². The average Bonchev–Trinajstić information content (AvgIpc) is 3.49. The third-order valence-corrected chi connectivity index (χ3v) is 6.52. The molecule has 2 aliphatic rings. The molecular formula is C25H27N5O3. The molecule has 170 valence electrons. The van der Waals surface area contributed by atoms with Gasteiger partial charge in [0.1, 0.15) is 18.0 Å². The Morgan fingerprint density at radius 1 is 1.30 bits per heavy atom. The summed E-state index contributed by atoms with van der Waals surface area (Å²) in [5.74, 6) is 2.06. The van der Waals surface area contributed by atoms with Crippen LogP contribution in [0.5, 0.6) is 5.75 Å². The fraction of sp³-hybridized carbons (Fsp3) is 0.400. The zero-order valence-corrected chi connectivity index (χ0v) is 18.7. The lowest BCUT2D eigenvalue weighted by Crippen LogP contribution is -2.33. The topological polar surface area (TPSA) is 118 Å². The number of nitrogens with one attached hydrogen (secondary N) is 1. The van der Waals surface area contributed by atoms with E-state index in [9.17, 15) is 15.5 Å². The summed E-state index contributed by atoms with van der Waals surface area (Å²) in [5.41, 5.74) is 4.57. The Hall–Kier alpha value is -3.25. The number of nitrogens with zero attached hydrogens (tertiary/aromatic N) is 4. The molecule has 1 saturated heterocycles. The standard InChI is InChI=1S/C25H27N5O3/c1-14(2)33-21-7-6-15(10-17(21)13-26)24-27-25(29-28-24)19-5-3-4-18-20(19)11-16-12-22(32)30(8-9-31)23(16)18/h3-7,10,14,16,22-23,31-32H,8-9,11-12H2,1-2H3,(H,27,28,29)/t16-,22?,23+/m1/s1. The number of fused-ring (bicyclic) bond motifs is 3. The van der Waals surface area contributed by atoms with Crippen molar-refractivity contribution in [2.75, 3.05) is 13.2 Å². The summed E-state index contributed by atoms with van der Waals surface area (Å²) >= 11 is 0. The van der Waals surface area contributed by atoms with Crippen molar-refractivity contribution in [2.24, 2.45) is 5.92 Å². The van der Waals surface area contributed by atoms with Crippen molar-refractivity contribution in [1.29, 1.82) is 5.26 Å². The first-order valence-electron chi connectivity index (χ1n) is 11.3. The molecule has 0 amide bonds. The van der Waals surface area contributed by atoms with Crippen LogP contribution in [-0.4, -0.2) is 55.8 Å². The molecule has 0 saturated carbocycles. The Morgan fingerprint density at radius 3 is 2.91 bits per heavy atom. The normalized spacial score (nSPS) is 21.8. The van der Waals surface area contributed by atoms with E-state index in [1.165, 1.54) is 11.1 Å². The van der Waals surface area contributed by atoms with Gasteiger partial charge in [-0.3, -0.25) is 10.00 Å². The molecule has 0 bridgehead atoms. The predicted octanol–water partition coefficient (Wildman–Crippen LogP) is 3.03. The van der Waals surface area contributed by atoms with Crippen LogP contribution in [0.2, 0.25) is 0 Å². The molecule has 3 atom stereocenters. The number of nitriles is 1. The van der Waals surface area contributed by atoms with Gasteiger partial charge in [-0.1, -0.05) is 18.2 Å². The van der Waals surface area contributed by atoms with E-state index < -0.39 is 6.23 Å². The Morgan fingerprint density at radius 2 is 2.15 bits per heavy atom. The van der Waals surface area contributed by atoms with E-state index in [1.54, 1.807) is 12.1 Å². The minimum atomic E-state index is -0.518. The van der Waals surface area contributed by atoms with E-state index in [4.69, 9.17) is 9.72 Å². The number of benzene rings is 2. The number of aliphatic hydroxyl groups is 2. The van der Waals surface area contributed by atoms with Crippen LogP contribution in [0, 0.1) is 17.2 Å². The second-order valence-electron chi connectivity index (χ2n) is 8.96. The zero-order valence-electron chi connectivity index (χ0n) is 18.7. The molecule has 1 unspecified atom stereocenters. The van der Waals surface area contributed by atoms with Crippen LogP contribution in [0.15, 0.2) is 36.4 Å². The summed E-state index contributed by atoms with van der Waals surface area (Å²) in [4.78, 5) is 6.73. The highest BCUT2D eigenvalue weighted by molar-refractivity contribution is 5.68. The third-order valence-electron chi connectivity index (χ3n) is 6.52. The summed E-state index contributed by atoms with van der Waals surface area (Å²) in [5, 5.41) is 36.9. The summed E-state index contributed by atoms with van der Waals surface area (Å²) < 4.78 is 5.72. The molecule has 2 heterocycles. The molecule has 0 spiro atoms. The maximum Gasteiger partial charge on any atom is 0.181 e. The molecule has 8 heteroatoms. The molecule has 1 aromatic heterocycles. The van der Waals surface area contributed by atoms with Gasteiger partial charge in [-0.05, 0) is 61.9 Å². The number of ether oxygens (including phenoxy) is 1. The SMILES string of the molecule is CC(C)Oc1ccc(-c2nc(-c3cccc4c3C[C@@H]3CC(O)N(CCO)[C@H]43)n[nH]2)cc1C#N. The number of aromatic amines is 1. The van der Waals surface area contributed by atoms with Crippen molar-refractivity contribution in [2.45, 2.75) is 45.1 Å². The predicted molar refractivity (Wildman–Crippen MR) is 122 cm³/mol. The smallest absolute Gasteiger partial charge is 0.181 e. The molecule has 8 nitrogen and oxygen atoms in total. The Balaban J connectivity index is 1.47. The van der Waals surface area contributed by atoms with Crippen molar-refractivity contribution in [3.63, 3.8) is 0 Å². The third kappa shape index (κ3) is 3.78. The number of hydrogen-bond donors (Lipinski definition) is 3. The summed E-state index contributed by atoms with van der Waals surface area (Å²) in [6.45, 7) is 4.32. The molecule has 1 aliphatic carbocycles. The van der Waals surface area contributed by atoms with Crippen molar-refractivity contribution < 1.29 is 14.9 Å². The lowest BCUT2D eigenvalue weighted by Gasteiger charge is -2.26. The van der Waals surface area contributed by atoms with Crippen molar-refractivity contribution in [3.8, 4) is 34.6 Å². The fourth-order valence-corrected chi connectivity index (χ4v) is 5.24. The minimum Gasteiger partial charge on any atom is -0.490 e. The molecule has 33 heavy (non-hydrogen) atoms. The molecule has 1 aliphatic heterocycles. The number of rotatable bonds is 6. The number of aromatic nitrogens is 3. The van der Waals surface area contributed by atoms with Crippen LogP contribution in [0.4, 0.5) is 0 Å². The van der Waals surface area contributed by atoms with E-state index >= 15 is 0 Å². The fourth-order valence-electron chi connectivity index (χ4n) is 5.24. The van der Waals surface area contributed by atoms with Crippen LogP contribution < -0.4 is 4.74 Å². The zero-order chi connectivity index (χ0) is 23.1. The van der Waals surface area contributed by atoms with Gasteiger partial charge in [0, 0.05) is 23.7 Å². The van der Waals surface area contributed by atoms with Crippen molar-refractivity contribution in [3.05, 3.63) is 53.1 Å². The lowest BCUT2D eigenvalue weighted by molar-refractivity contribution is 0.00648.